The maximum absolute atomic E-state index is 11.3. The third kappa shape index (κ3) is 2.88. The van der Waals surface area contributed by atoms with Gasteiger partial charge in [0.25, 0.3) is 0 Å². The van der Waals surface area contributed by atoms with Gasteiger partial charge in [0.2, 0.25) is 0 Å². The van der Waals surface area contributed by atoms with Gasteiger partial charge in [0, 0.05) is 6.42 Å². The topological polar surface area (TPSA) is 44.0 Å². The highest BCUT2D eigenvalue weighted by Crippen LogP contribution is 2.46. The van der Waals surface area contributed by atoms with Crippen LogP contribution < -0.4 is 0 Å². The van der Waals surface area contributed by atoms with E-state index in [2.05, 4.69) is 6.07 Å². The molecule has 1 unspecified atom stereocenters. The molecule has 0 amide bonds. The lowest BCUT2D eigenvalue weighted by atomic mass is 9.64. The fourth-order valence-electron chi connectivity index (χ4n) is 3.58. The van der Waals surface area contributed by atoms with Crippen LogP contribution in [0.4, 0.5) is 0 Å². The lowest BCUT2D eigenvalue weighted by molar-refractivity contribution is -0.0659. The second-order valence-electron chi connectivity index (χ2n) is 6.16. The Morgan fingerprint density at radius 3 is 2.25 bits per heavy atom. The summed E-state index contributed by atoms with van der Waals surface area (Å²) in [5.41, 5.74) is -0.364. The van der Waals surface area contributed by atoms with Crippen molar-refractivity contribution in [3.05, 3.63) is 35.9 Å². The molecule has 0 spiro atoms. The Labute approximate surface area is 122 Å². The van der Waals surface area contributed by atoms with Gasteiger partial charge in [0.05, 0.1) is 17.1 Å². The fraction of sp³-hybridized carbons (Fsp3) is 0.611. The minimum absolute atomic E-state index is 0.575. The van der Waals surface area contributed by atoms with Crippen molar-refractivity contribution in [2.45, 2.75) is 63.9 Å². The summed E-state index contributed by atoms with van der Waals surface area (Å²) in [5.74, 6) is 0. The van der Waals surface area contributed by atoms with Crippen molar-refractivity contribution in [3.63, 3.8) is 0 Å². The van der Waals surface area contributed by atoms with Crippen LogP contribution in [0.15, 0.2) is 30.3 Å². The van der Waals surface area contributed by atoms with Gasteiger partial charge in [-0.05, 0) is 24.8 Å². The minimum atomic E-state index is -0.909. The van der Waals surface area contributed by atoms with E-state index in [0.29, 0.717) is 12.8 Å². The van der Waals surface area contributed by atoms with Crippen LogP contribution in [-0.4, -0.2) is 10.7 Å². The van der Waals surface area contributed by atoms with Gasteiger partial charge in [-0.25, -0.2) is 0 Å². The highest BCUT2D eigenvalue weighted by molar-refractivity contribution is 5.21. The first-order valence-electron chi connectivity index (χ1n) is 7.83. The van der Waals surface area contributed by atoms with E-state index in [4.69, 9.17) is 0 Å². The summed E-state index contributed by atoms with van der Waals surface area (Å²) >= 11 is 0. The molecule has 1 atom stereocenters. The molecular weight excluding hydrogens is 246 g/mol. The summed E-state index contributed by atoms with van der Waals surface area (Å²) in [4.78, 5) is 0. The molecule has 0 radical (unpaired) electrons. The van der Waals surface area contributed by atoms with Crippen LogP contribution in [0.25, 0.3) is 0 Å². The Morgan fingerprint density at radius 1 is 1.15 bits per heavy atom. The van der Waals surface area contributed by atoms with Gasteiger partial charge in [0.1, 0.15) is 0 Å². The third-order valence-corrected chi connectivity index (χ3v) is 4.99. The van der Waals surface area contributed by atoms with Crippen molar-refractivity contribution in [2.24, 2.45) is 5.41 Å². The normalized spacial score (nSPS) is 21.4. The SMILES string of the molecule is CCC(O)(Cc1ccccc1)C1(C#N)CCCCCC1. The van der Waals surface area contributed by atoms with Crippen LogP contribution in [0, 0.1) is 16.7 Å². The largest absolute Gasteiger partial charge is 0.388 e. The molecule has 108 valence electrons. The van der Waals surface area contributed by atoms with Gasteiger partial charge in [-0.1, -0.05) is 62.9 Å². The summed E-state index contributed by atoms with van der Waals surface area (Å²) in [6, 6.07) is 12.6. The van der Waals surface area contributed by atoms with E-state index in [1.165, 1.54) is 12.8 Å². The smallest absolute Gasteiger partial charge is 0.0870 e. The van der Waals surface area contributed by atoms with Gasteiger partial charge < -0.3 is 5.11 Å². The Morgan fingerprint density at radius 2 is 1.75 bits per heavy atom. The fourth-order valence-corrected chi connectivity index (χ4v) is 3.58. The summed E-state index contributed by atoms with van der Waals surface area (Å²) in [6.45, 7) is 2.01. The highest BCUT2D eigenvalue weighted by atomic mass is 16.3. The molecule has 0 saturated heterocycles. The zero-order chi connectivity index (χ0) is 14.5. The molecule has 1 fully saturated rings. The van der Waals surface area contributed by atoms with Gasteiger partial charge in [-0.15, -0.1) is 0 Å². The lowest BCUT2D eigenvalue weighted by Gasteiger charge is -2.42. The first-order valence-corrected chi connectivity index (χ1v) is 7.83. The van der Waals surface area contributed by atoms with Crippen molar-refractivity contribution in [1.29, 1.82) is 5.26 Å². The monoisotopic (exact) mass is 271 g/mol. The molecule has 0 aromatic heterocycles. The predicted molar refractivity (Wildman–Crippen MR) is 81.1 cm³/mol. The maximum atomic E-state index is 11.3. The summed E-state index contributed by atoms with van der Waals surface area (Å²) < 4.78 is 0. The van der Waals surface area contributed by atoms with Crippen LogP contribution in [0.1, 0.15) is 57.4 Å². The molecule has 1 saturated carbocycles. The molecule has 2 nitrogen and oxygen atoms in total. The number of nitriles is 1. The molecule has 2 rings (SSSR count). The Hall–Kier alpha value is -1.33. The van der Waals surface area contributed by atoms with E-state index in [0.717, 1.165) is 31.2 Å². The second kappa shape index (κ2) is 6.41. The molecular formula is C18H25NO. The zero-order valence-electron chi connectivity index (χ0n) is 12.4. The van der Waals surface area contributed by atoms with E-state index in [1.807, 2.05) is 37.3 Å². The van der Waals surface area contributed by atoms with Crippen LogP contribution in [0.3, 0.4) is 0 Å². The van der Waals surface area contributed by atoms with Crippen LogP contribution in [0.2, 0.25) is 0 Å². The molecule has 0 aliphatic heterocycles. The quantitative estimate of drug-likeness (QED) is 0.833. The van der Waals surface area contributed by atoms with Crippen LogP contribution in [-0.2, 0) is 6.42 Å². The van der Waals surface area contributed by atoms with Gasteiger partial charge in [0.15, 0.2) is 0 Å². The zero-order valence-corrected chi connectivity index (χ0v) is 12.4. The van der Waals surface area contributed by atoms with E-state index >= 15 is 0 Å². The summed E-state index contributed by atoms with van der Waals surface area (Å²) in [6.07, 6.45) is 7.38. The van der Waals surface area contributed by atoms with E-state index in [-0.39, 0.29) is 0 Å². The first-order chi connectivity index (χ1) is 9.66. The summed E-state index contributed by atoms with van der Waals surface area (Å²) in [5, 5.41) is 21.1. The molecule has 1 aromatic carbocycles. The van der Waals surface area contributed by atoms with Crippen molar-refractivity contribution in [3.8, 4) is 6.07 Å². The number of hydrogen-bond acceptors (Lipinski definition) is 2. The second-order valence-corrected chi connectivity index (χ2v) is 6.16. The number of rotatable bonds is 4. The van der Waals surface area contributed by atoms with Crippen molar-refractivity contribution in [1.82, 2.24) is 0 Å². The van der Waals surface area contributed by atoms with Gasteiger partial charge in [-0.3, -0.25) is 0 Å². The Kier molecular flexibility index (Phi) is 4.83. The Balaban J connectivity index is 2.29. The van der Waals surface area contributed by atoms with Crippen LogP contribution >= 0.6 is 0 Å². The van der Waals surface area contributed by atoms with Gasteiger partial charge in [-0.2, -0.15) is 5.26 Å². The van der Waals surface area contributed by atoms with E-state index < -0.39 is 11.0 Å². The lowest BCUT2D eigenvalue weighted by Crippen LogP contribution is -2.48. The van der Waals surface area contributed by atoms with E-state index in [9.17, 15) is 10.4 Å². The van der Waals surface area contributed by atoms with E-state index in [1.54, 1.807) is 0 Å². The predicted octanol–water partition coefficient (Wildman–Crippen LogP) is 4.23. The number of benzene rings is 1. The number of nitrogens with zero attached hydrogens (tertiary/aromatic N) is 1. The number of hydrogen-bond donors (Lipinski definition) is 1. The van der Waals surface area contributed by atoms with Crippen LogP contribution in [0.5, 0.6) is 0 Å². The standard InChI is InChI=1S/C18H25NO/c1-2-18(20,14-16-10-6-5-7-11-16)17(15-19)12-8-3-4-9-13-17/h5-7,10-11,20H,2-4,8-9,12-14H2,1H3. The van der Waals surface area contributed by atoms with Crippen molar-refractivity contribution < 1.29 is 5.11 Å². The average molecular weight is 271 g/mol. The molecule has 1 N–H and O–H groups in total. The minimum Gasteiger partial charge on any atom is -0.388 e. The van der Waals surface area contributed by atoms with Gasteiger partial charge >= 0.3 is 0 Å². The molecule has 0 heterocycles. The number of aliphatic hydroxyl groups is 1. The third-order valence-electron chi connectivity index (χ3n) is 4.99. The molecule has 20 heavy (non-hydrogen) atoms. The van der Waals surface area contributed by atoms with Crippen molar-refractivity contribution in [2.75, 3.05) is 0 Å². The molecule has 0 bridgehead atoms. The summed E-state index contributed by atoms with van der Waals surface area (Å²) in [7, 11) is 0. The molecule has 1 aliphatic rings. The maximum Gasteiger partial charge on any atom is 0.0870 e. The average Bonchev–Trinajstić information content (AvgIpc) is 2.75. The van der Waals surface area contributed by atoms with Crippen molar-refractivity contribution >= 4 is 0 Å². The Bertz CT molecular complexity index is 454. The molecule has 1 aliphatic carbocycles. The highest BCUT2D eigenvalue weighted by Gasteiger charge is 2.49. The molecule has 1 aromatic rings. The molecule has 2 heteroatoms. The first kappa shape index (κ1) is 15.1.